The van der Waals surface area contributed by atoms with Gasteiger partial charge >= 0.3 is 0 Å². The highest BCUT2D eigenvalue weighted by molar-refractivity contribution is 6.29. The lowest BCUT2D eigenvalue weighted by Crippen LogP contribution is -2.25. The Bertz CT molecular complexity index is 381. The molecule has 0 aromatic carbocycles. The van der Waals surface area contributed by atoms with Gasteiger partial charge in [0.25, 0.3) is 5.91 Å². The highest BCUT2D eigenvalue weighted by Crippen LogP contribution is 2.10. The van der Waals surface area contributed by atoms with Crippen molar-refractivity contribution >= 4 is 17.5 Å². The van der Waals surface area contributed by atoms with Crippen LogP contribution in [0, 0.1) is 6.92 Å². The molecule has 0 unspecified atom stereocenters. The van der Waals surface area contributed by atoms with Crippen LogP contribution in [0.1, 0.15) is 23.0 Å². The number of halogens is 1. The van der Waals surface area contributed by atoms with Gasteiger partial charge in [0.05, 0.1) is 0 Å². The largest absolute Gasteiger partial charge is 0.348 e. The van der Waals surface area contributed by atoms with Crippen molar-refractivity contribution in [2.24, 2.45) is 0 Å². The van der Waals surface area contributed by atoms with Crippen molar-refractivity contribution < 1.29 is 4.79 Å². The van der Waals surface area contributed by atoms with Gasteiger partial charge in [0.1, 0.15) is 5.15 Å². The van der Waals surface area contributed by atoms with Gasteiger partial charge in [0.15, 0.2) is 0 Å². The fourth-order valence-corrected chi connectivity index (χ4v) is 1.34. The van der Waals surface area contributed by atoms with E-state index in [9.17, 15) is 4.79 Å². The van der Waals surface area contributed by atoms with Crippen LogP contribution < -0.4 is 5.32 Å². The Labute approximate surface area is 94.2 Å². The van der Waals surface area contributed by atoms with E-state index in [2.05, 4.69) is 16.9 Å². The quantitative estimate of drug-likeness (QED) is 0.633. The predicted molar refractivity (Wildman–Crippen MR) is 61.1 cm³/mol. The summed E-state index contributed by atoms with van der Waals surface area (Å²) in [6, 6.07) is 3.24. The van der Waals surface area contributed by atoms with E-state index in [0.29, 0.717) is 17.3 Å². The molecule has 0 saturated heterocycles. The van der Waals surface area contributed by atoms with Crippen LogP contribution in [0.15, 0.2) is 24.3 Å². The summed E-state index contributed by atoms with van der Waals surface area (Å²) >= 11 is 5.75. The van der Waals surface area contributed by atoms with Gasteiger partial charge in [-0.25, -0.2) is 4.98 Å². The molecular formula is C11H13ClN2O. The second-order valence-electron chi connectivity index (χ2n) is 3.46. The zero-order valence-electron chi connectivity index (χ0n) is 8.80. The summed E-state index contributed by atoms with van der Waals surface area (Å²) in [4.78, 5) is 15.6. The number of pyridine rings is 1. The maximum absolute atomic E-state index is 11.6. The van der Waals surface area contributed by atoms with Crippen LogP contribution in [0.4, 0.5) is 0 Å². The highest BCUT2D eigenvalue weighted by atomic mass is 35.5. The van der Waals surface area contributed by atoms with E-state index < -0.39 is 0 Å². The van der Waals surface area contributed by atoms with Gasteiger partial charge in [-0.15, -0.1) is 0 Å². The fourth-order valence-electron chi connectivity index (χ4n) is 1.09. The topological polar surface area (TPSA) is 42.0 Å². The molecule has 3 nitrogen and oxygen atoms in total. The third-order valence-electron chi connectivity index (χ3n) is 1.74. The average Bonchev–Trinajstić information content (AvgIpc) is 2.12. The highest BCUT2D eigenvalue weighted by Gasteiger charge is 2.06. The summed E-state index contributed by atoms with van der Waals surface area (Å²) in [6.07, 6.45) is 0. The maximum Gasteiger partial charge on any atom is 0.251 e. The van der Waals surface area contributed by atoms with Gasteiger partial charge < -0.3 is 5.32 Å². The lowest BCUT2D eigenvalue weighted by Gasteiger charge is -2.05. The summed E-state index contributed by atoms with van der Waals surface area (Å²) < 4.78 is 0. The first-order valence-electron chi connectivity index (χ1n) is 4.56. The molecule has 0 aliphatic heterocycles. The van der Waals surface area contributed by atoms with Crippen LogP contribution in [0.25, 0.3) is 0 Å². The zero-order chi connectivity index (χ0) is 11.4. The summed E-state index contributed by atoms with van der Waals surface area (Å²) in [5, 5.41) is 3.06. The Morgan fingerprint density at radius 3 is 2.80 bits per heavy atom. The number of rotatable bonds is 3. The van der Waals surface area contributed by atoms with E-state index in [1.807, 2.05) is 6.92 Å². The first-order chi connectivity index (χ1) is 6.99. The maximum atomic E-state index is 11.6. The van der Waals surface area contributed by atoms with E-state index in [4.69, 9.17) is 11.6 Å². The molecule has 15 heavy (non-hydrogen) atoms. The molecule has 0 radical (unpaired) electrons. The Morgan fingerprint density at radius 1 is 1.60 bits per heavy atom. The van der Waals surface area contributed by atoms with Gasteiger partial charge in [0, 0.05) is 17.8 Å². The molecule has 0 bridgehead atoms. The van der Waals surface area contributed by atoms with Crippen molar-refractivity contribution in [1.29, 1.82) is 0 Å². The molecule has 0 aliphatic rings. The number of hydrogen-bond donors (Lipinski definition) is 1. The first-order valence-corrected chi connectivity index (χ1v) is 4.93. The molecule has 1 rings (SSSR count). The van der Waals surface area contributed by atoms with E-state index in [0.717, 1.165) is 11.3 Å². The van der Waals surface area contributed by atoms with Crippen molar-refractivity contribution in [2.45, 2.75) is 13.8 Å². The minimum Gasteiger partial charge on any atom is -0.348 e. The number of carbonyl (C=O) groups excluding carboxylic acids is 1. The van der Waals surface area contributed by atoms with Crippen molar-refractivity contribution in [2.75, 3.05) is 6.54 Å². The number of aryl methyl sites for hydroxylation is 1. The normalized spacial score (nSPS) is 9.80. The summed E-state index contributed by atoms with van der Waals surface area (Å²) in [6.45, 7) is 7.82. The minimum atomic E-state index is -0.162. The molecule has 0 fully saturated rings. The Kier molecular flexibility index (Phi) is 3.86. The van der Waals surface area contributed by atoms with Crippen molar-refractivity contribution in [1.82, 2.24) is 10.3 Å². The number of hydrogen-bond acceptors (Lipinski definition) is 2. The Balaban J connectivity index is 2.77. The second kappa shape index (κ2) is 4.94. The van der Waals surface area contributed by atoms with Crippen LogP contribution in [0.2, 0.25) is 5.15 Å². The monoisotopic (exact) mass is 224 g/mol. The van der Waals surface area contributed by atoms with Crippen molar-refractivity contribution in [3.8, 4) is 0 Å². The smallest absolute Gasteiger partial charge is 0.251 e. The number of nitrogens with one attached hydrogen (secondary N) is 1. The summed E-state index contributed by atoms with van der Waals surface area (Å²) in [7, 11) is 0. The third-order valence-corrected chi connectivity index (χ3v) is 1.93. The molecule has 0 saturated carbocycles. The SMILES string of the molecule is C=C(C)CNC(=O)c1cc(C)nc(Cl)c1. The van der Waals surface area contributed by atoms with Gasteiger partial charge in [-0.05, 0) is 26.0 Å². The standard InChI is InChI=1S/C11H13ClN2O/c1-7(2)6-13-11(15)9-4-8(3)14-10(12)5-9/h4-5H,1,6H2,2-3H3,(H,13,15). The van der Waals surface area contributed by atoms with Gasteiger partial charge in [-0.1, -0.05) is 23.8 Å². The number of aromatic nitrogens is 1. The van der Waals surface area contributed by atoms with Crippen LogP contribution in [-0.2, 0) is 0 Å². The van der Waals surface area contributed by atoms with E-state index in [1.165, 1.54) is 0 Å². The van der Waals surface area contributed by atoms with Crippen molar-refractivity contribution in [3.63, 3.8) is 0 Å². The molecule has 1 heterocycles. The van der Waals surface area contributed by atoms with Crippen molar-refractivity contribution in [3.05, 3.63) is 40.7 Å². The average molecular weight is 225 g/mol. The lowest BCUT2D eigenvalue weighted by atomic mass is 10.2. The fraction of sp³-hybridized carbons (Fsp3) is 0.273. The zero-order valence-corrected chi connectivity index (χ0v) is 9.56. The molecule has 0 spiro atoms. The van der Waals surface area contributed by atoms with Crippen LogP contribution in [-0.4, -0.2) is 17.4 Å². The van der Waals surface area contributed by atoms with E-state index in [-0.39, 0.29) is 5.91 Å². The molecule has 1 amide bonds. The summed E-state index contributed by atoms with van der Waals surface area (Å²) in [5.41, 5.74) is 2.15. The van der Waals surface area contributed by atoms with Gasteiger partial charge in [-0.3, -0.25) is 4.79 Å². The van der Waals surface area contributed by atoms with Crippen LogP contribution in [0.5, 0.6) is 0 Å². The Morgan fingerprint density at radius 2 is 2.27 bits per heavy atom. The Hall–Kier alpha value is -1.35. The second-order valence-corrected chi connectivity index (χ2v) is 3.85. The lowest BCUT2D eigenvalue weighted by molar-refractivity contribution is 0.0957. The van der Waals surface area contributed by atoms with E-state index in [1.54, 1.807) is 19.1 Å². The predicted octanol–water partition coefficient (Wildman–Crippen LogP) is 2.35. The first kappa shape index (κ1) is 11.7. The number of carbonyl (C=O) groups is 1. The number of amides is 1. The number of nitrogens with zero attached hydrogens (tertiary/aromatic N) is 1. The molecular weight excluding hydrogens is 212 g/mol. The summed E-state index contributed by atoms with van der Waals surface area (Å²) in [5.74, 6) is -0.162. The van der Waals surface area contributed by atoms with Gasteiger partial charge in [0.2, 0.25) is 0 Å². The molecule has 1 aromatic rings. The molecule has 1 aromatic heterocycles. The van der Waals surface area contributed by atoms with Crippen LogP contribution >= 0.6 is 11.6 Å². The van der Waals surface area contributed by atoms with E-state index >= 15 is 0 Å². The molecule has 80 valence electrons. The molecule has 0 atom stereocenters. The van der Waals surface area contributed by atoms with Gasteiger partial charge in [-0.2, -0.15) is 0 Å². The van der Waals surface area contributed by atoms with Crippen LogP contribution in [0.3, 0.4) is 0 Å². The molecule has 1 N–H and O–H groups in total. The third kappa shape index (κ3) is 3.72. The molecule has 4 heteroatoms. The molecule has 0 aliphatic carbocycles. The minimum absolute atomic E-state index is 0.162.